The Bertz CT molecular complexity index is 1840. The Morgan fingerprint density at radius 1 is 0.872 bits per heavy atom. The second-order valence-electron chi connectivity index (χ2n) is 11.2. The van der Waals surface area contributed by atoms with Crippen LogP contribution < -0.4 is 19.7 Å². The Hall–Kier alpha value is -4.47. The third kappa shape index (κ3) is 6.82. The zero-order valence-corrected chi connectivity index (χ0v) is 26.6. The Kier molecular flexibility index (Phi) is 9.21. The van der Waals surface area contributed by atoms with E-state index in [2.05, 4.69) is 5.32 Å². The van der Waals surface area contributed by atoms with Crippen LogP contribution in [0, 0.1) is 0 Å². The van der Waals surface area contributed by atoms with Crippen molar-refractivity contribution in [1.82, 2.24) is 0 Å². The minimum Gasteiger partial charge on any atom is -0.490 e. The fraction of sp³-hybridized carbons (Fsp3) is 0.222. The van der Waals surface area contributed by atoms with E-state index in [-0.39, 0.29) is 59.6 Å². The Morgan fingerprint density at radius 2 is 1.53 bits per heavy atom. The summed E-state index contributed by atoms with van der Waals surface area (Å²) in [7, 11) is 0. The number of halogens is 5. The highest BCUT2D eigenvalue weighted by Crippen LogP contribution is 2.49. The highest BCUT2D eigenvalue weighted by atomic mass is 35.5. The Balaban J connectivity index is 1.48. The molecule has 4 aromatic carbocycles. The normalized spacial score (nSPS) is 17.7. The van der Waals surface area contributed by atoms with Crippen LogP contribution in [0.3, 0.4) is 0 Å². The molecule has 0 saturated carbocycles. The minimum absolute atomic E-state index is 0.00825. The van der Waals surface area contributed by atoms with E-state index in [1.807, 2.05) is 24.3 Å². The van der Waals surface area contributed by atoms with Gasteiger partial charge in [0, 0.05) is 27.7 Å². The molecule has 47 heavy (non-hydrogen) atoms. The van der Waals surface area contributed by atoms with Crippen LogP contribution in [-0.4, -0.2) is 24.5 Å². The first-order valence-corrected chi connectivity index (χ1v) is 15.7. The molecule has 1 heterocycles. The lowest BCUT2D eigenvalue weighted by Gasteiger charge is -2.35. The number of anilines is 2. The van der Waals surface area contributed by atoms with E-state index in [1.54, 1.807) is 67.6 Å². The van der Waals surface area contributed by atoms with Crippen molar-refractivity contribution in [3.8, 4) is 11.5 Å². The third-order valence-corrected chi connectivity index (χ3v) is 8.69. The van der Waals surface area contributed by atoms with Crippen LogP contribution in [0.1, 0.15) is 48.4 Å². The average Bonchev–Trinajstić information content (AvgIpc) is 3.19. The molecule has 1 amide bonds. The third-order valence-electron chi connectivity index (χ3n) is 8.18. The molecular formula is C36H29Cl2F3N2O4. The van der Waals surface area contributed by atoms with Crippen LogP contribution in [0.15, 0.2) is 102 Å². The number of benzene rings is 4. The van der Waals surface area contributed by atoms with Gasteiger partial charge in [-0.25, -0.2) is 0 Å². The fourth-order valence-corrected chi connectivity index (χ4v) is 6.31. The van der Waals surface area contributed by atoms with Crippen LogP contribution in [0.4, 0.5) is 24.5 Å². The quantitative estimate of drug-likeness (QED) is 0.211. The number of allylic oxidation sites excluding steroid dienone is 1. The number of Topliss-reactive ketones (excluding diaryl/α,β-unsaturated/α-hetero) is 1. The van der Waals surface area contributed by atoms with E-state index in [1.165, 1.54) is 6.07 Å². The van der Waals surface area contributed by atoms with E-state index in [4.69, 9.17) is 32.7 Å². The number of amides is 1. The van der Waals surface area contributed by atoms with Crippen molar-refractivity contribution >= 4 is 46.3 Å². The van der Waals surface area contributed by atoms with Gasteiger partial charge in [0.15, 0.2) is 17.3 Å². The lowest BCUT2D eigenvalue weighted by Crippen LogP contribution is -2.45. The summed E-state index contributed by atoms with van der Waals surface area (Å²) in [5.41, 5.74) is 2.76. The number of hydrogen-bond acceptors (Lipinski definition) is 5. The van der Waals surface area contributed by atoms with E-state index in [0.29, 0.717) is 32.8 Å². The van der Waals surface area contributed by atoms with E-state index < -0.39 is 18.1 Å². The summed E-state index contributed by atoms with van der Waals surface area (Å²) in [6.07, 6.45) is -4.88. The van der Waals surface area contributed by atoms with Gasteiger partial charge in [0.05, 0.1) is 24.0 Å². The fourth-order valence-electron chi connectivity index (χ4n) is 6.06. The second-order valence-corrected chi connectivity index (χ2v) is 12.1. The van der Waals surface area contributed by atoms with Gasteiger partial charge in [-0.15, -0.1) is 0 Å². The predicted molar refractivity (Wildman–Crippen MR) is 175 cm³/mol. The smallest absolute Gasteiger partial charge is 0.471 e. The van der Waals surface area contributed by atoms with Gasteiger partial charge in [0.1, 0.15) is 6.61 Å². The Labute approximate surface area is 279 Å². The molecule has 1 aliphatic heterocycles. The first-order valence-electron chi connectivity index (χ1n) is 15.0. The molecule has 0 spiro atoms. The zero-order chi connectivity index (χ0) is 33.3. The van der Waals surface area contributed by atoms with Crippen molar-refractivity contribution in [2.75, 3.05) is 16.8 Å². The molecule has 0 bridgehead atoms. The molecule has 11 heteroatoms. The average molecular weight is 682 g/mol. The number of alkyl halides is 3. The van der Waals surface area contributed by atoms with Crippen molar-refractivity contribution in [1.29, 1.82) is 0 Å². The van der Waals surface area contributed by atoms with Crippen LogP contribution in [0.2, 0.25) is 10.0 Å². The van der Waals surface area contributed by atoms with Crippen molar-refractivity contribution in [2.24, 2.45) is 0 Å². The van der Waals surface area contributed by atoms with Crippen LogP contribution in [0.5, 0.6) is 11.5 Å². The van der Waals surface area contributed by atoms with E-state index >= 15 is 0 Å². The first kappa shape index (κ1) is 32.5. The maximum atomic E-state index is 14.4. The number of carbonyl (C=O) groups is 2. The number of hydrogen-bond donors (Lipinski definition) is 1. The minimum atomic E-state index is -5.23. The summed E-state index contributed by atoms with van der Waals surface area (Å²) < 4.78 is 55.0. The van der Waals surface area contributed by atoms with Crippen LogP contribution in [0.25, 0.3) is 0 Å². The number of nitrogens with zero attached hydrogens (tertiary/aromatic N) is 1. The summed E-state index contributed by atoms with van der Waals surface area (Å²) >= 11 is 12.1. The Morgan fingerprint density at radius 3 is 2.21 bits per heavy atom. The molecule has 0 unspecified atom stereocenters. The van der Waals surface area contributed by atoms with Gasteiger partial charge in [-0.05, 0) is 84.5 Å². The summed E-state index contributed by atoms with van der Waals surface area (Å²) in [4.78, 5) is 28.1. The maximum Gasteiger partial charge on any atom is 0.471 e. The number of ketones is 1. The van der Waals surface area contributed by atoms with Crippen LogP contribution in [-0.2, 0) is 16.2 Å². The van der Waals surface area contributed by atoms with Gasteiger partial charge in [0.25, 0.3) is 0 Å². The van der Waals surface area contributed by atoms with Crippen molar-refractivity contribution < 1.29 is 32.2 Å². The van der Waals surface area contributed by atoms with Crippen molar-refractivity contribution in [3.63, 3.8) is 0 Å². The van der Waals surface area contributed by atoms with Crippen LogP contribution >= 0.6 is 23.2 Å². The molecule has 0 saturated heterocycles. The predicted octanol–water partition coefficient (Wildman–Crippen LogP) is 9.43. The van der Waals surface area contributed by atoms with Gasteiger partial charge >= 0.3 is 12.1 Å². The molecule has 2 atom stereocenters. The number of nitrogens with one attached hydrogen (secondary N) is 1. The SMILES string of the molecule is CCOc1cc([C@H]2C3=C(C[C@@H](c4ccc(Cl)cc4)CC3=O)Nc3ccccc3N2C(=O)C(F)(F)F)ccc1OCc1ccc(Cl)cc1. The number of rotatable bonds is 7. The molecule has 1 N–H and O–H groups in total. The molecule has 1 aliphatic carbocycles. The highest BCUT2D eigenvalue weighted by Gasteiger charge is 2.50. The van der Waals surface area contributed by atoms with Gasteiger partial charge in [-0.2, -0.15) is 13.2 Å². The molecule has 6 nitrogen and oxygen atoms in total. The summed E-state index contributed by atoms with van der Waals surface area (Å²) in [5, 5.41) is 4.36. The molecule has 0 fully saturated rings. The topological polar surface area (TPSA) is 67.9 Å². The molecule has 0 aromatic heterocycles. The van der Waals surface area contributed by atoms with Crippen molar-refractivity contribution in [2.45, 2.75) is 44.5 Å². The van der Waals surface area contributed by atoms with Gasteiger partial charge in [0.2, 0.25) is 0 Å². The van der Waals surface area contributed by atoms with Gasteiger partial charge < -0.3 is 14.8 Å². The first-order chi connectivity index (χ1) is 22.5. The number of ether oxygens (including phenoxy) is 2. The lowest BCUT2D eigenvalue weighted by molar-refractivity contribution is -0.170. The van der Waals surface area contributed by atoms with Gasteiger partial charge in [-0.1, -0.05) is 65.7 Å². The molecule has 6 rings (SSSR count). The molecule has 4 aromatic rings. The van der Waals surface area contributed by atoms with E-state index in [0.717, 1.165) is 11.1 Å². The van der Waals surface area contributed by atoms with E-state index in [9.17, 15) is 22.8 Å². The largest absolute Gasteiger partial charge is 0.490 e. The zero-order valence-electron chi connectivity index (χ0n) is 25.1. The van der Waals surface area contributed by atoms with Crippen molar-refractivity contribution in [3.05, 3.63) is 129 Å². The second kappa shape index (κ2) is 13.3. The monoisotopic (exact) mass is 680 g/mol. The summed E-state index contributed by atoms with van der Waals surface area (Å²) in [5.74, 6) is -2.13. The number of fused-ring (bicyclic) bond motifs is 1. The van der Waals surface area contributed by atoms with Gasteiger partial charge in [-0.3, -0.25) is 14.5 Å². The summed E-state index contributed by atoms with van der Waals surface area (Å²) in [6, 6.07) is 23.8. The highest BCUT2D eigenvalue weighted by molar-refractivity contribution is 6.30. The molecule has 242 valence electrons. The molecular weight excluding hydrogens is 652 g/mol. The lowest BCUT2D eigenvalue weighted by atomic mass is 9.78. The maximum absolute atomic E-state index is 14.4. The number of carbonyl (C=O) groups excluding carboxylic acids is 2. The number of para-hydroxylation sites is 2. The standard InChI is InChI=1S/C36H29Cl2F3N2O4/c1-2-46-32-19-23(11-16-31(32)47-20-21-7-12-25(37)13-8-21)34-33-28(17-24(18-30(33)44)22-9-14-26(38)15-10-22)42-27-5-3-4-6-29(27)43(34)35(45)36(39,40)41/h3-16,19,24,34,42H,2,17-18,20H2,1H3/t24-,34+/m1/s1. The molecule has 0 radical (unpaired) electrons. The summed E-state index contributed by atoms with van der Waals surface area (Å²) in [6.45, 7) is 2.18. The molecule has 2 aliphatic rings.